The third-order valence-corrected chi connectivity index (χ3v) is 5.97. The van der Waals surface area contributed by atoms with Crippen molar-refractivity contribution in [1.29, 1.82) is 0 Å². The number of piperidine rings is 1. The monoisotopic (exact) mass is 397 g/mol. The zero-order valence-corrected chi connectivity index (χ0v) is 17.0. The molecule has 1 spiro atoms. The zero-order chi connectivity index (χ0) is 20.4. The topological polar surface area (TPSA) is 80.6 Å². The number of fused-ring (bicyclic) bond motifs is 2. The summed E-state index contributed by atoms with van der Waals surface area (Å²) in [6.45, 7) is 6.85. The number of imidazole rings is 1. The van der Waals surface area contributed by atoms with Crippen molar-refractivity contribution >= 4 is 11.8 Å². The molecule has 0 saturated carbocycles. The minimum Gasteiger partial charge on any atom is -0.352 e. The number of rotatable bonds is 4. The lowest BCUT2D eigenvalue weighted by atomic mass is 9.88. The number of carbonyl (C=O) groups excluding carboxylic acids is 2. The van der Waals surface area contributed by atoms with Crippen molar-refractivity contribution in [1.82, 2.24) is 24.3 Å². The number of likely N-dealkylation sites (N-methyl/N-ethyl adjacent to an activating group) is 1. The molecule has 8 heteroatoms. The van der Waals surface area contributed by atoms with E-state index < -0.39 is 11.7 Å². The number of nitrogens with zero attached hydrogens (tertiary/aromatic N) is 5. The quantitative estimate of drug-likeness (QED) is 0.784. The van der Waals surface area contributed by atoms with E-state index >= 15 is 0 Å². The number of likely N-dealkylation sites (tertiary alicyclic amines) is 1. The Kier molecular flexibility index (Phi) is 5.36. The van der Waals surface area contributed by atoms with Crippen LogP contribution < -0.4 is 0 Å². The molecule has 0 bridgehead atoms. The summed E-state index contributed by atoms with van der Waals surface area (Å²) < 4.78 is 8.49. The summed E-state index contributed by atoms with van der Waals surface area (Å²) in [6.07, 6.45) is 7.61. The van der Waals surface area contributed by atoms with E-state index in [1.165, 1.54) is 0 Å². The van der Waals surface area contributed by atoms with Crippen LogP contribution in [-0.2, 0) is 21.7 Å². The van der Waals surface area contributed by atoms with Gasteiger partial charge in [0.25, 0.3) is 11.8 Å². The predicted molar refractivity (Wildman–Crippen MR) is 106 cm³/mol. The molecule has 2 aliphatic heterocycles. The van der Waals surface area contributed by atoms with Crippen LogP contribution in [0, 0.1) is 0 Å². The van der Waals surface area contributed by atoms with Gasteiger partial charge in [0.1, 0.15) is 11.4 Å². The smallest absolute Gasteiger partial charge is 0.255 e. The Morgan fingerprint density at radius 2 is 2.00 bits per heavy atom. The SMILES string of the molecule is CCN(CC)C(=O)[C@H]1Cn2ccnc2C2(CCN(C(=O)c3cccnc3)CC2)O1. The van der Waals surface area contributed by atoms with Gasteiger partial charge in [-0.15, -0.1) is 0 Å². The highest BCUT2D eigenvalue weighted by molar-refractivity contribution is 5.93. The maximum absolute atomic E-state index is 13.0. The van der Waals surface area contributed by atoms with Crippen molar-refractivity contribution in [2.75, 3.05) is 26.2 Å². The summed E-state index contributed by atoms with van der Waals surface area (Å²) in [5, 5.41) is 0. The van der Waals surface area contributed by atoms with Gasteiger partial charge in [0.05, 0.1) is 12.1 Å². The van der Waals surface area contributed by atoms with Gasteiger partial charge in [-0.25, -0.2) is 4.98 Å². The molecule has 2 aromatic rings. The summed E-state index contributed by atoms with van der Waals surface area (Å²) in [5.41, 5.74) is -0.0508. The van der Waals surface area contributed by atoms with Gasteiger partial charge < -0.3 is 19.1 Å². The summed E-state index contributed by atoms with van der Waals surface area (Å²) in [4.78, 5) is 38.0. The van der Waals surface area contributed by atoms with E-state index in [4.69, 9.17) is 4.74 Å². The molecule has 0 radical (unpaired) electrons. The third-order valence-electron chi connectivity index (χ3n) is 5.97. The highest BCUT2D eigenvalue weighted by Gasteiger charge is 2.48. The first-order valence-corrected chi connectivity index (χ1v) is 10.3. The molecule has 0 aromatic carbocycles. The highest BCUT2D eigenvalue weighted by atomic mass is 16.5. The molecule has 1 atom stereocenters. The Morgan fingerprint density at radius 1 is 1.24 bits per heavy atom. The lowest BCUT2D eigenvalue weighted by Crippen LogP contribution is -2.55. The fourth-order valence-corrected chi connectivity index (χ4v) is 4.35. The number of ether oxygens (including phenoxy) is 1. The molecule has 0 aliphatic carbocycles. The summed E-state index contributed by atoms with van der Waals surface area (Å²) >= 11 is 0. The first kappa shape index (κ1) is 19.6. The first-order valence-electron chi connectivity index (χ1n) is 10.3. The van der Waals surface area contributed by atoms with E-state index in [1.807, 2.05) is 29.5 Å². The van der Waals surface area contributed by atoms with Gasteiger partial charge in [0, 0.05) is 63.8 Å². The molecule has 2 aliphatic rings. The van der Waals surface area contributed by atoms with E-state index in [1.54, 1.807) is 35.6 Å². The second kappa shape index (κ2) is 7.94. The van der Waals surface area contributed by atoms with Crippen molar-refractivity contribution in [2.24, 2.45) is 0 Å². The van der Waals surface area contributed by atoms with Crippen LogP contribution in [0.4, 0.5) is 0 Å². The zero-order valence-electron chi connectivity index (χ0n) is 17.0. The Labute approximate surface area is 170 Å². The molecule has 4 rings (SSSR count). The molecule has 0 N–H and O–H groups in total. The molecule has 2 aromatic heterocycles. The second-order valence-corrected chi connectivity index (χ2v) is 7.55. The van der Waals surface area contributed by atoms with E-state index in [0.717, 1.165) is 5.82 Å². The lowest BCUT2D eigenvalue weighted by Gasteiger charge is -2.46. The molecule has 1 fully saturated rings. The van der Waals surface area contributed by atoms with Crippen LogP contribution >= 0.6 is 0 Å². The van der Waals surface area contributed by atoms with E-state index in [9.17, 15) is 9.59 Å². The maximum atomic E-state index is 13.0. The molecule has 8 nitrogen and oxygen atoms in total. The fourth-order valence-electron chi connectivity index (χ4n) is 4.35. The Hall–Kier alpha value is -2.74. The average molecular weight is 397 g/mol. The minimum atomic E-state index is -0.638. The van der Waals surface area contributed by atoms with Gasteiger partial charge >= 0.3 is 0 Å². The Morgan fingerprint density at radius 3 is 2.66 bits per heavy atom. The molecular formula is C21H27N5O3. The summed E-state index contributed by atoms with van der Waals surface area (Å²) in [5.74, 6) is 0.847. The van der Waals surface area contributed by atoms with Crippen LogP contribution in [0.15, 0.2) is 36.9 Å². The molecule has 154 valence electrons. The molecular weight excluding hydrogens is 370 g/mol. The van der Waals surface area contributed by atoms with Gasteiger partial charge in [-0.05, 0) is 26.0 Å². The van der Waals surface area contributed by atoms with Gasteiger partial charge in [0.2, 0.25) is 0 Å². The molecule has 29 heavy (non-hydrogen) atoms. The minimum absolute atomic E-state index is 0.0163. The van der Waals surface area contributed by atoms with Crippen molar-refractivity contribution < 1.29 is 14.3 Å². The fraction of sp³-hybridized carbons (Fsp3) is 0.524. The van der Waals surface area contributed by atoms with Gasteiger partial charge in [-0.2, -0.15) is 0 Å². The van der Waals surface area contributed by atoms with Gasteiger partial charge in [-0.3, -0.25) is 14.6 Å². The largest absolute Gasteiger partial charge is 0.352 e. The third kappa shape index (κ3) is 3.53. The summed E-state index contributed by atoms with van der Waals surface area (Å²) in [7, 11) is 0. The second-order valence-electron chi connectivity index (χ2n) is 7.55. The first-order chi connectivity index (χ1) is 14.1. The predicted octanol–water partition coefficient (Wildman–Crippen LogP) is 1.68. The number of amides is 2. The van der Waals surface area contributed by atoms with Crippen molar-refractivity contribution in [3.05, 3.63) is 48.3 Å². The van der Waals surface area contributed by atoms with E-state index in [0.29, 0.717) is 51.1 Å². The van der Waals surface area contributed by atoms with Crippen LogP contribution in [0.5, 0.6) is 0 Å². The molecule has 1 saturated heterocycles. The van der Waals surface area contributed by atoms with Crippen LogP contribution in [0.1, 0.15) is 42.9 Å². The number of hydrogen-bond acceptors (Lipinski definition) is 5. The van der Waals surface area contributed by atoms with Gasteiger partial charge in [-0.1, -0.05) is 0 Å². The summed E-state index contributed by atoms with van der Waals surface area (Å²) in [6, 6.07) is 3.55. The van der Waals surface area contributed by atoms with Crippen molar-refractivity contribution in [2.45, 2.75) is 44.9 Å². The Balaban J connectivity index is 1.53. The van der Waals surface area contributed by atoms with Crippen LogP contribution in [0.2, 0.25) is 0 Å². The van der Waals surface area contributed by atoms with E-state index in [2.05, 4.69) is 9.97 Å². The van der Waals surface area contributed by atoms with Crippen molar-refractivity contribution in [3.8, 4) is 0 Å². The number of pyridine rings is 1. The number of hydrogen-bond donors (Lipinski definition) is 0. The van der Waals surface area contributed by atoms with Gasteiger partial charge in [0.15, 0.2) is 6.10 Å². The molecule has 0 unspecified atom stereocenters. The highest BCUT2D eigenvalue weighted by Crippen LogP contribution is 2.40. The number of carbonyl (C=O) groups is 2. The standard InChI is InChI=1S/C21H27N5O3/c1-3-24(4-2)19(28)17-15-26-13-10-23-20(26)21(29-17)7-11-25(12-8-21)18(27)16-6-5-9-22-14-16/h5-6,9-10,13-14,17H,3-4,7-8,11-12,15H2,1-2H3/t17-/m1/s1. The average Bonchev–Trinajstić information content (AvgIpc) is 3.25. The molecule has 2 amide bonds. The normalized spacial score (nSPS) is 20.3. The number of aromatic nitrogens is 3. The van der Waals surface area contributed by atoms with E-state index in [-0.39, 0.29) is 11.8 Å². The maximum Gasteiger partial charge on any atom is 0.255 e. The Bertz CT molecular complexity index is 869. The van der Waals surface area contributed by atoms with Crippen molar-refractivity contribution in [3.63, 3.8) is 0 Å². The van der Waals surface area contributed by atoms with Crippen LogP contribution in [0.25, 0.3) is 0 Å². The van der Waals surface area contributed by atoms with Crippen LogP contribution in [-0.4, -0.2) is 68.4 Å². The lowest BCUT2D eigenvalue weighted by molar-refractivity contribution is -0.179. The van der Waals surface area contributed by atoms with Crippen LogP contribution in [0.3, 0.4) is 0 Å². The molecule has 4 heterocycles.